The summed E-state index contributed by atoms with van der Waals surface area (Å²) in [6.45, 7) is 8.15. The second-order valence-corrected chi connectivity index (χ2v) is 2.09. The van der Waals surface area contributed by atoms with Gasteiger partial charge in [-0.2, -0.15) is 0 Å². The monoisotopic (exact) mass is 148 g/mol. The maximum absolute atomic E-state index is 5.55. The predicted octanol–water partition coefficient (Wildman–Crippen LogP) is 2.22. The molecular formula is C6H9ClO2. The molecule has 0 fully saturated rings. The molecule has 0 spiro atoms. The van der Waals surface area contributed by atoms with Gasteiger partial charge in [-0.15, -0.1) is 0 Å². The Hall–Kier alpha value is -0.630. The van der Waals surface area contributed by atoms with Crippen LogP contribution in [0.3, 0.4) is 0 Å². The SMILES string of the molecule is C=COC(C)(Cl)OC=C. The molecule has 0 aliphatic carbocycles. The highest BCUT2D eigenvalue weighted by Gasteiger charge is 2.19. The lowest BCUT2D eigenvalue weighted by Crippen LogP contribution is -2.19. The van der Waals surface area contributed by atoms with Gasteiger partial charge in [0.2, 0.25) is 0 Å². The second-order valence-electron chi connectivity index (χ2n) is 1.40. The highest BCUT2D eigenvalue weighted by Crippen LogP contribution is 2.17. The summed E-state index contributed by atoms with van der Waals surface area (Å²) in [7, 11) is 0. The topological polar surface area (TPSA) is 18.5 Å². The van der Waals surface area contributed by atoms with E-state index in [0.717, 1.165) is 0 Å². The zero-order valence-corrected chi connectivity index (χ0v) is 6.02. The van der Waals surface area contributed by atoms with Crippen molar-refractivity contribution in [2.75, 3.05) is 0 Å². The number of rotatable bonds is 4. The van der Waals surface area contributed by atoms with Gasteiger partial charge in [0, 0.05) is 6.92 Å². The summed E-state index contributed by atoms with van der Waals surface area (Å²) in [5.74, 6) is 0. The molecule has 0 bridgehead atoms. The van der Waals surface area contributed by atoms with Crippen LogP contribution in [0.4, 0.5) is 0 Å². The zero-order valence-electron chi connectivity index (χ0n) is 5.26. The summed E-state index contributed by atoms with van der Waals surface area (Å²) < 4.78 is 9.41. The lowest BCUT2D eigenvalue weighted by atomic mass is 10.7. The van der Waals surface area contributed by atoms with Crippen molar-refractivity contribution in [3.05, 3.63) is 25.7 Å². The van der Waals surface area contributed by atoms with Gasteiger partial charge in [-0.25, -0.2) is 0 Å². The van der Waals surface area contributed by atoms with Crippen molar-refractivity contribution in [3.63, 3.8) is 0 Å². The van der Waals surface area contributed by atoms with E-state index >= 15 is 0 Å². The van der Waals surface area contributed by atoms with Crippen molar-refractivity contribution in [2.45, 2.75) is 12.2 Å². The fraction of sp³-hybridized carbons (Fsp3) is 0.333. The average Bonchev–Trinajstić information content (AvgIpc) is 1.64. The first-order valence-electron chi connectivity index (χ1n) is 2.39. The number of alkyl halides is 1. The summed E-state index contributed by atoms with van der Waals surface area (Å²) in [5, 5.41) is -1.16. The smallest absolute Gasteiger partial charge is 0.328 e. The quantitative estimate of drug-likeness (QED) is 0.346. The minimum absolute atomic E-state index is 1.16. The van der Waals surface area contributed by atoms with E-state index in [1.165, 1.54) is 19.4 Å². The molecule has 0 N–H and O–H groups in total. The van der Waals surface area contributed by atoms with Gasteiger partial charge >= 0.3 is 5.25 Å². The third-order valence-corrected chi connectivity index (χ3v) is 0.766. The summed E-state index contributed by atoms with van der Waals surface area (Å²) in [6, 6.07) is 0. The third kappa shape index (κ3) is 3.91. The van der Waals surface area contributed by atoms with Crippen LogP contribution in [0.5, 0.6) is 0 Å². The Morgan fingerprint density at radius 2 is 1.67 bits per heavy atom. The van der Waals surface area contributed by atoms with E-state index in [1.807, 2.05) is 0 Å². The van der Waals surface area contributed by atoms with E-state index < -0.39 is 5.25 Å². The molecule has 9 heavy (non-hydrogen) atoms. The molecule has 0 atom stereocenters. The molecule has 2 nitrogen and oxygen atoms in total. The molecule has 0 aromatic heterocycles. The molecule has 52 valence electrons. The van der Waals surface area contributed by atoms with Crippen LogP contribution in [-0.4, -0.2) is 5.25 Å². The molecule has 0 radical (unpaired) electrons. The summed E-state index contributed by atoms with van der Waals surface area (Å²) in [6.07, 6.45) is 2.41. The fourth-order valence-electron chi connectivity index (χ4n) is 0.325. The average molecular weight is 149 g/mol. The molecule has 0 rings (SSSR count). The standard InChI is InChI=1S/C6H9ClO2/c1-4-8-6(3,7)9-5-2/h4-5H,1-2H2,3H3. The summed E-state index contributed by atoms with van der Waals surface area (Å²) >= 11 is 5.55. The van der Waals surface area contributed by atoms with Crippen LogP contribution in [0.25, 0.3) is 0 Å². The highest BCUT2D eigenvalue weighted by molar-refractivity contribution is 6.21. The van der Waals surface area contributed by atoms with Gasteiger partial charge in [0.1, 0.15) is 0 Å². The molecule has 3 heteroatoms. The largest absolute Gasteiger partial charge is 0.448 e. The van der Waals surface area contributed by atoms with Gasteiger partial charge in [-0.3, -0.25) is 0 Å². The summed E-state index contributed by atoms with van der Waals surface area (Å²) in [4.78, 5) is 0. The Kier molecular flexibility index (Phi) is 3.17. The van der Waals surface area contributed by atoms with E-state index in [4.69, 9.17) is 21.1 Å². The van der Waals surface area contributed by atoms with Gasteiger partial charge < -0.3 is 9.47 Å². The van der Waals surface area contributed by atoms with E-state index in [0.29, 0.717) is 0 Å². The Balaban J connectivity index is 3.68. The van der Waals surface area contributed by atoms with Crippen molar-refractivity contribution < 1.29 is 9.47 Å². The minimum atomic E-state index is -1.16. The van der Waals surface area contributed by atoms with Gasteiger partial charge in [-0.05, 0) is 11.6 Å². The third-order valence-electron chi connectivity index (χ3n) is 0.588. The first-order chi connectivity index (χ1) is 4.12. The molecule has 0 heterocycles. The molecule has 0 aromatic rings. The van der Waals surface area contributed by atoms with Crippen LogP contribution in [0.15, 0.2) is 25.7 Å². The van der Waals surface area contributed by atoms with Gasteiger partial charge in [0.25, 0.3) is 0 Å². The predicted molar refractivity (Wildman–Crippen MR) is 36.8 cm³/mol. The molecule has 0 unspecified atom stereocenters. The first-order valence-corrected chi connectivity index (χ1v) is 2.76. The Morgan fingerprint density at radius 3 is 1.89 bits per heavy atom. The van der Waals surface area contributed by atoms with E-state index in [-0.39, 0.29) is 0 Å². The number of halogens is 1. The van der Waals surface area contributed by atoms with E-state index in [9.17, 15) is 0 Å². The molecule has 0 aliphatic heterocycles. The van der Waals surface area contributed by atoms with Crippen molar-refractivity contribution in [1.29, 1.82) is 0 Å². The van der Waals surface area contributed by atoms with Gasteiger partial charge in [-0.1, -0.05) is 13.2 Å². The van der Waals surface area contributed by atoms with Crippen molar-refractivity contribution in [1.82, 2.24) is 0 Å². The Bertz CT molecular complexity index is 97.6. The van der Waals surface area contributed by atoms with Crippen molar-refractivity contribution in [2.24, 2.45) is 0 Å². The molecule has 0 saturated heterocycles. The molecule has 0 saturated carbocycles. The fourth-order valence-corrected chi connectivity index (χ4v) is 0.451. The van der Waals surface area contributed by atoms with Crippen LogP contribution in [0.2, 0.25) is 0 Å². The van der Waals surface area contributed by atoms with Crippen LogP contribution in [0.1, 0.15) is 6.92 Å². The maximum atomic E-state index is 5.55. The van der Waals surface area contributed by atoms with E-state index in [1.54, 1.807) is 0 Å². The Morgan fingerprint density at radius 1 is 1.33 bits per heavy atom. The first kappa shape index (κ1) is 8.37. The van der Waals surface area contributed by atoms with Crippen LogP contribution in [0, 0.1) is 0 Å². The molecule has 0 amide bonds. The lowest BCUT2D eigenvalue weighted by molar-refractivity contribution is -0.0861. The zero-order chi connectivity index (χ0) is 7.33. The molecule has 0 aliphatic rings. The maximum Gasteiger partial charge on any atom is 0.328 e. The van der Waals surface area contributed by atoms with Crippen molar-refractivity contribution in [3.8, 4) is 0 Å². The van der Waals surface area contributed by atoms with Crippen LogP contribution < -0.4 is 0 Å². The van der Waals surface area contributed by atoms with E-state index in [2.05, 4.69) is 13.2 Å². The number of hydrogen-bond acceptors (Lipinski definition) is 2. The molecular weight excluding hydrogens is 140 g/mol. The summed E-state index contributed by atoms with van der Waals surface area (Å²) in [5.41, 5.74) is 0. The van der Waals surface area contributed by atoms with Crippen LogP contribution >= 0.6 is 11.6 Å². The van der Waals surface area contributed by atoms with Crippen molar-refractivity contribution >= 4 is 11.6 Å². The van der Waals surface area contributed by atoms with Crippen LogP contribution in [-0.2, 0) is 9.47 Å². The Labute approximate surface area is 59.7 Å². The lowest BCUT2D eigenvalue weighted by Gasteiger charge is -2.19. The second kappa shape index (κ2) is 3.41. The number of ether oxygens (including phenoxy) is 2. The highest BCUT2D eigenvalue weighted by atomic mass is 35.5. The number of hydrogen-bond donors (Lipinski definition) is 0. The van der Waals surface area contributed by atoms with Gasteiger partial charge in [0.15, 0.2) is 0 Å². The minimum Gasteiger partial charge on any atom is -0.448 e. The molecule has 0 aromatic carbocycles. The van der Waals surface area contributed by atoms with Gasteiger partial charge in [0.05, 0.1) is 12.5 Å². The normalized spacial score (nSPS) is 10.0.